The molecule has 0 aliphatic rings. The number of hydrogen-bond donors (Lipinski definition) is 0. The van der Waals surface area contributed by atoms with Gasteiger partial charge in [0, 0.05) is 55.5 Å². The molecule has 0 spiro atoms. The topological polar surface area (TPSA) is 54.8 Å². The highest BCUT2D eigenvalue weighted by atomic mass is 15.1. The second-order valence-corrected chi connectivity index (χ2v) is 13.5. The van der Waals surface area contributed by atoms with Gasteiger partial charge in [-0.2, -0.15) is 0 Å². The molecule has 0 N–H and O–H groups in total. The van der Waals surface area contributed by atoms with Crippen molar-refractivity contribution in [1.82, 2.24) is 19.9 Å². The maximum absolute atomic E-state index is 5.56. The Hall–Kier alpha value is -7.50. The van der Waals surface area contributed by atoms with Crippen molar-refractivity contribution in [3.63, 3.8) is 0 Å². The van der Waals surface area contributed by atoms with Gasteiger partial charge in [0.2, 0.25) is 0 Å². The molecule has 0 amide bonds. The average molecular weight is 704 g/mol. The van der Waals surface area contributed by atoms with Crippen LogP contribution in [0.15, 0.2) is 200 Å². The number of pyridine rings is 1. The van der Waals surface area contributed by atoms with Crippen LogP contribution in [-0.4, -0.2) is 19.9 Å². The van der Waals surface area contributed by atoms with E-state index in [1.807, 2.05) is 78.9 Å². The second-order valence-electron chi connectivity index (χ2n) is 13.5. The molecule has 0 unspecified atom stereocenters. The van der Waals surface area contributed by atoms with E-state index in [1.54, 1.807) is 0 Å². The fraction of sp³-hybridized carbons (Fsp3) is 0. The lowest BCUT2D eigenvalue weighted by atomic mass is 9.93. The van der Waals surface area contributed by atoms with E-state index in [4.69, 9.17) is 19.9 Å². The molecule has 0 saturated carbocycles. The maximum atomic E-state index is 5.56. The Morgan fingerprint density at radius 1 is 0.327 bits per heavy atom. The quantitative estimate of drug-likeness (QED) is 0.155. The van der Waals surface area contributed by atoms with Gasteiger partial charge in [-0.15, -0.1) is 0 Å². The van der Waals surface area contributed by atoms with E-state index in [1.165, 1.54) is 10.8 Å². The van der Waals surface area contributed by atoms with E-state index in [-0.39, 0.29) is 0 Å². The molecule has 0 aliphatic heterocycles. The first kappa shape index (κ1) is 32.2. The molecule has 55 heavy (non-hydrogen) atoms. The lowest BCUT2D eigenvalue weighted by Gasteiger charge is -2.26. The first-order valence-electron chi connectivity index (χ1n) is 18.4. The third-order valence-corrected chi connectivity index (χ3v) is 10.1. The third kappa shape index (κ3) is 5.94. The van der Waals surface area contributed by atoms with Crippen molar-refractivity contribution in [2.45, 2.75) is 0 Å². The summed E-state index contributed by atoms with van der Waals surface area (Å²) in [5, 5.41) is 5.68. The van der Waals surface area contributed by atoms with E-state index in [0.717, 1.165) is 66.7 Å². The molecule has 2 aromatic heterocycles. The van der Waals surface area contributed by atoms with E-state index >= 15 is 0 Å². The highest BCUT2D eigenvalue weighted by Crippen LogP contribution is 2.42. The van der Waals surface area contributed by atoms with Crippen LogP contribution < -0.4 is 4.90 Å². The maximum Gasteiger partial charge on any atom is 0.164 e. The zero-order valence-corrected chi connectivity index (χ0v) is 29.8. The number of hydrogen-bond acceptors (Lipinski definition) is 5. The molecule has 0 aliphatic carbocycles. The standard InChI is InChI=1S/C50H33N5/c1-5-18-35(19-6-1)48-52-49(36-20-7-2-8-21-36)54-50(53-48)42-28-16-15-27-41(42)47-44-31-29-34-17-13-14-26-40(34)46(44)43-32-30-39(33-45(43)51-47)55(37-22-9-3-10-23-37)38-24-11-4-12-25-38/h1-33H. The number of anilines is 3. The van der Waals surface area contributed by atoms with Crippen LogP contribution in [-0.2, 0) is 0 Å². The van der Waals surface area contributed by atoms with Gasteiger partial charge < -0.3 is 4.90 Å². The minimum absolute atomic E-state index is 0.590. The molecule has 10 aromatic rings. The first-order chi connectivity index (χ1) is 27.3. The number of rotatable bonds is 7. The van der Waals surface area contributed by atoms with Gasteiger partial charge >= 0.3 is 0 Å². The smallest absolute Gasteiger partial charge is 0.164 e. The van der Waals surface area contributed by atoms with Crippen LogP contribution in [0.5, 0.6) is 0 Å². The van der Waals surface area contributed by atoms with E-state index in [2.05, 4.69) is 126 Å². The Morgan fingerprint density at radius 2 is 0.836 bits per heavy atom. The second kappa shape index (κ2) is 13.8. The molecule has 5 nitrogen and oxygen atoms in total. The lowest BCUT2D eigenvalue weighted by Crippen LogP contribution is -2.09. The monoisotopic (exact) mass is 703 g/mol. The van der Waals surface area contributed by atoms with Crippen LogP contribution in [0.2, 0.25) is 0 Å². The summed E-state index contributed by atoms with van der Waals surface area (Å²) in [5.74, 6) is 1.83. The molecule has 10 rings (SSSR count). The van der Waals surface area contributed by atoms with Crippen molar-refractivity contribution < 1.29 is 0 Å². The predicted octanol–water partition coefficient (Wildman–Crippen LogP) is 12.9. The van der Waals surface area contributed by atoms with Gasteiger partial charge in [-0.25, -0.2) is 19.9 Å². The summed E-state index contributed by atoms with van der Waals surface area (Å²) >= 11 is 0. The molecular formula is C50H33N5. The SMILES string of the molecule is c1ccc(-c2nc(-c3ccccc3)nc(-c3ccccc3-c3nc4cc(N(c5ccccc5)c5ccccc5)ccc4c4c3ccc3ccccc34)n2)cc1. The van der Waals surface area contributed by atoms with Gasteiger partial charge in [-0.1, -0.05) is 164 Å². The summed E-state index contributed by atoms with van der Waals surface area (Å²) in [6, 6.07) is 69.2. The van der Waals surface area contributed by atoms with Crippen molar-refractivity contribution in [3.05, 3.63) is 200 Å². The van der Waals surface area contributed by atoms with Crippen LogP contribution >= 0.6 is 0 Å². The van der Waals surface area contributed by atoms with Gasteiger partial charge in [0.15, 0.2) is 17.5 Å². The minimum Gasteiger partial charge on any atom is -0.310 e. The third-order valence-electron chi connectivity index (χ3n) is 10.1. The largest absolute Gasteiger partial charge is 0.310 e. The summed E-state index contributed by atoms with van der Waals surface area (Å²) in [7, 11) is 0. The fourth-order valence-corrected chi connectivity index (χ4v) is 7.52. The Bertz CT molecular complexity index is 2870. The van der Waals surface area contributed by atoms with Gasteiger partial charge in [-0.3, -0.25) is 0 Å². The number of aromatic nitrogens is 4. The molecule has 0 bridgehead atoms. The van der Waals surface area contributed by atoms with Crippen molar-refractivity contribution in [2.24, 2.45) is 0 Å². The molecule has 2 heterocycles. The summed E-state index contributed by atoms with van der Waals surface area (Å²) in [5.41, 5.74) is 8.61. The van der Waals surface area contributed by atoms with Crippen molar-refractivity contribution >= 4 is 49.5 Å². The normalized spacial score (nSPS) is 11.3. The Kier molecular flexibility index (Phi) is 8.08. The van der Waals surface area contributed by atoms with Gasteiger partial charge in [0.1, 0.15) is 0 Å². The molecule has 258 valence electrons. The molecule has 0 radical (unpaired) electrons. The molecule has 5 heteroatoms. The number of benzene rings is 8. The molecule has 8 aromatic carbocycles. The van der Waals surface area contributed by atoms with Crippen LogP contribution in [0.1, 0.15) is 0 Å². The van der Waals surface area contributed by atoms with Gasteiger partial charge in [-0.05, 0) is 47.2 Å². The Morgan fingerprint density at radius 3 is 1.47 bits per heavy atom. The summed E-state index contributed by atoms with van der Waals surface area (Å²) in [6.45, 7) is 0. The number of para-hydroxylation sites is 2. The van der Waals surface area contributed by atoms with Crippen LogP contribution in [0.4, 0.5) is 17.1 Å². The minimum atomic E-state index is 0.590. The number of nitrogens with zero attached hydrogens (tertiary/aromatic N) is 5. The molecule has 0 atom stereocenters. The van der Waals surface area contributed by atoms with Gasteiger partial charge in [0.05, 0.1) is 11.2 Å². The Balaban J connectivity index is 1.24. The van der Waals surface area contributed by atoms with E-state index < -0.39 is 0 Å². The fourth-order valence-electron chi connectivity index (χ4n) is 7.52. The summed E-state index contributed by atoms with van der Waals surface area (Å²) in [6.07, 6.45) is 0. The summed E-state index contributed by atoms with van der Waals surface area (Å²) in [4.78, 5) is 23.1. The molecule has 0 fully saturated rings. The zero-order valence-electron chi connectivity index (χ0n) is 29.8. The first-order valence-corrected chi connectivity index (χ1v) is 18.4. The zero-order chi connectivity index (χ0) is 36.6. The summed E-state index contributed by atoms with van der Waals surface area (Å²) < 4.78 is 0. The molecular weight excluding hydrogens is 671 g/mol. The lowest BCUT2D eigenvalue weighted by molar-refractivity contribution is 1.07. The van der Waals surface area contributed by atoms with E-state index in [9.17, 15) is 0 Å². The van der Waals surface area contributed by atoms with Gasteiger partial charge in [0.25, 0.3) is 0 Å². The number of fused-ring (bicyclic) bond motifs is 5. The van der Waals surface area contributed by atoms with Crippen molar-refractivity contribution in [2.75, 3.05) is 4.90 Å². The van der Waals surface area contributed by atoms with E-state index in [0.29, 0.717) is 17.5 Å². The van der Waals surface area contributed by atoms with Crippen LogP contribution in [0.25, 0.3) is 77.9 Å². The van der Waals surface area contributed by atoms with Crippen LogP contribution in [0.3, 0.4) is 0 Å². The molecule has 0 saturated heterocycles. The highest BCUT2D eigenvalue weighted by Gasteiger charge is 2.21. The highest BCUT2D eigenvalue weighted by molar-refractivity contribution is 6.23. The van der Waals surface area contributed by atoms with Crippen molar-refractivity contribution in [1.29, 1.82) is 0 Å². The average Bonchev–Trinajstić information content (AvgIpc) is 3.27. The van der Waals surface area contributed by atoms with Crippen LogP contribution in [0, 0.1) is 0 Å². The Labute approximate surface area is 318 Å². The predicted molar refractivity (Wildman–Crippen MR) is 227 cm³/mol. The van der Waals surface area contributed by atoms with Crippen molar-refractivity contribution in [3.8, 4) is 45.4 Å².